The van der Waals surface area contributed by atoms with E-state index in [1.165, 1.54) is 12.1 Å². The lowest BCUT2D eigenvalue weighted by Gasteiger charge is -2.38. The van der Waals surface area contributed by atoms with Crippen molar-refractivity contribution in [3.63, 3.8) is 0 Å². The predicted octanol–water partition coefficient (Wildman–Crippen LogP) is 5.73. The molecule has 0 fully saturated rings. The van der Waals surface area contributed by atoms with Crippen LogP contribution in [-0.2, 0) is 0 Å². The average Bonchev–Trinajstić information content (AvgIpc) is 3.20. The number of fused-ring (bicyclic) bond motifs is 3. The highest BCUT2D eigenvalue weighted by molar-refractivity contribution is 6.30. The summed E-state index contributed by atoms with van der Waals surface area (Å²) >= 11 is 6.26. The lowest BCUT2D eigenvalue weighted by molar-refractivity contribution is -0.0190. The van der Waals surface area contributed by atoms with E-state index in [9.17, 15) is 4.39 Å². The molecular weight excluding hydrogens is 391 g/mol. The van der Waals surface area contributed by atoms with E-state index in [1.807, 2.05) is 47.5 Å². The molecule has 2 aliphatic rings. The van der Waals surface area contributed by atoms with E-state index < -0.39 is 6.23 Å². The van der Waals surface area contributed by atoms with Crippen molar-refractivity contribution < 1.29 is 13.9 Å². The maximum absolute atomic E-state index is 13.5. The molecule has 2 atom stereocenters. The fourth-order valence-electron chi connectivity index (χ4n) is 3.88. The Bertz CT molecular complexity index is 1100. The number of methoxy groups -OCH3 is 1. The van der Waals surface area contributed by atoms with Crippen molar-refractivity contribution in [1.82, 2.24) is 5.01 Å². The molecule has 0 saturated carbocycles. The summed E-state index contributed by atoms with van der Waals surface area (Å²) < 4.78 is 25.1. The van der Waals surface area contributed by atoms with Gasteiger partial charge in [0.25, 0.3) is 0 Å². The molecule has 3 aromatic rings. The van der Waals surface area contributed by atoms with Gasteiger partial charge in [-0.3, -0.25) is 0 Å². The fourth-order valence-corrected chi connectivity index (χ4v) is 4.06. The van der Waals surface area contributed by atoms with Crippen LogP contribution in [0.4, 0.5) is 4.39 Å². The number of hydrogen-bond acceptors (Lipinski definition) is 4. The smallest absolute Gasteiger partial charge is 0.213 e. The largest absolute Gasteiger partial charge is 0.497 e. The highest BCUT2D eigenvalue weighted by atomic mass is 35.5. The number of hydrogen-bond donors (Lipinski definition) is 0. The zero-order chi connectivity index (χ0) is 20.0. The maximum atomic E-state index is 13.5. The SMILES string of the molecule is COc1cccc(C2=NN3[C@@H](c4ccc(F)cc4)Oc4ccc(Cl)cc4[C@@H]3C2)c1. The Morgan fingerprint density at radius 2 is 1.93 bits per heavy atom. The van der Waals surface area contributed by atoms with Gasteiger partial charge in [-0.05, 0) is 42.5 Å². The molecule has 4 nitrogen and oxygen atoms in total. The van der Waals surface area contributed by atoms with Gasteiger partial charge in [-0.25, -0.2) is 9.40 Å². The van der Waals surface area contributed by atoms with Crippen LogP contribution in [0.25, 0.3) is 0 Å². The minimum Gasteiger partial charge on any atom is -0.497 e. The van der Waals surface area contributed by atoms with Gasteiger partial charge in [-0.15, -0.1) is 0 Å². The number of rotatable bonds is 3. The van der Waals surface area contributed by atoms with Crippen molar-refractivity contribution in [2.24, 2.45) is 5.10 Å². The lowest BCUT2D eigenvalue weighted by atomic mass is 9.96. The van der Waals surface area contributed by atoms with Crippen LogP contribution in [0.5, 0.6) is 11.5 Å². The Kier molecular flexibility index (Phi) is 4.40. The molecule has 5 rings (SSSR count). The third kappa shape index (κ3) is 3.21. The number of hydrazone groups is 1. The molecule has 0 bridgehead atoms. The van der Waals surface area contributed by atoms with Gasteiger partial charge < -0.3 is 9.47 Å². The third-order valence-corrected chi connectivity index (χ3v) is 5.55. The van der Waals surface area contributed by atoms with Crippen molar-refractivity contribution >= 4 is 17.3 Å². The Labute approximate surface area is 173 Å². The van der Waals surface area contributed by atoms with Crippen LogP contribution >= 0.6 is 11.6 Å². The summed E-state index contributed by atoms with van der Waals surface area (Å²) in [7, 11) is 1.65. The van der Waals surface area contributed by atoms with Gasteiger partial charge >= 0.3 is 0 Å². The molecule has 0 N–H and O–H groups in total. The van der Waals surface area contributed by atoms with Gasteiger partial charge in [-0.1, -0.05) is 35.9 Å². The van der Waals surface area contributed by atoms with Crippen LogP contribution in [-0.4, -0.2) is 17.8 Å². The van der Waals surface area contributed by atoms with Crippen LogP contribution in [0, 0.1) is 5.82 Å². The summed E-state index contributed by atoms with van der Waals surface area (Å²) in [5.74, 6) is 1.27. The predicted molar refractivity (Wildman–Crippen MR) is 110 cm³/mol. The summed E-state index contributed by atoms with van der Waals surface area (Å²) in [6.45, 7) is 0. The average molecular weight is 409 g/mol. The second-order valence-corrected chi connectivity index (χ2v) is 7.52. The maximum Gasteiger partial charge on any atom is 0.213 e. The summed E-state index contributed by atoms with van der Waals surface area (Å²) in [6, 6.07) is 19.8. The van der Waals surface area contributed by atoms with Gasteiger partial charge in [0.2, 0.25) is 6.23 Å². The third-order valence-electron chi connectivity index (χ3n) is 5.31. The number of nitrogens with zero attached hydrogens (tertiary/aromatic N) is 2. The normalized spacial score (nSPS) is 19.8. The molecule has 146 valence electrons. The molecule has 2 heterocycles. The van der Waals surface area contributed by atoms with Gasteiger partial charge in [0.05, 0.1) is 18.9 Å². The molecule has 0 saturated heterocycles. The molecule has 0 aliphatic carbocycles. The molecule has 0 aromatic heterocycles. The Balaban J connectivity index is 1.59. The Morgan fingerprint density at radius 1 is 1.10 bits per heavy atom. The van der Waals surface area contributed by atoms with Crippen LogP contribution in [0.1, 0.15) is 35.4 Å². The molecular formula is C23H18ClFN2O2. The highest BCUT2D eigenvalue weighted by Gasteiger charge is 2.41. The summed E-state index contributed by atoms with van der Waals surface area (Å²) in [4.78, 5) is 0. The number of halogens is 2. The van der Waals surface area contributed by atoms with Crippen LogP contribution in [0.3, 0.4) is 0 Å². The molecule has 0 spiro atoms. The minimum atomic E-state index is -0.447. The number of ether oxygens (including phenoxy) is 2. The highest BCUT2D eigenvalue weighted by Crippen LogP contribution is 2.48. The van der Waals surface area contributed by atoms with Crippen molar-refractivity contribution in [1.29, 1.82) is 0 Å². The van der Waals surface area contributed by atoms with Gasteiger partial charge in [0, 0.05) is 28.1 Å². The Morgan fingerprint density at radius 3 is 2.72 bits per heavy atom. The van der Waals surface area contributed by atoms with E-state index >= 15 is 0 Å². The Hall–Kier alpha value is -3.05. The van der Waals surface area contributed by atoms with E-state index in [4.69, 9.17) is 26.2 Å². The van der Waals surface area contributed by atoms with Gasteiger partial charge in [-0.2, -0.15) is 5.10 Å². The summed E-state index contributed by atoms with van der Waals surface area (Å²) in [5.41, 5.74) is 3.78. The first-order chi connectivity index (χ1) is 14.1. The summed E-state index contributed by atoms with van der Waals surface area (Å²) in [5, 5.41) is 7.50. The zero-order valence-corrected chi connectivity index (χ0v) is 16.4. The standard InChI is InChI=1S/C23H18ClFN2O2/c1-28-18-4-2-3-15(11-18)20-13-21-19-12-16(24)7-10-22(19)29-23(27(21)26-20)14-5-8-17(25)9-6-14/h2-12,21,23H,13H2,1H3/t21-,23+/m0/s1. The first kappa shape index (κ1) is 18.0. The molecule has 3 aromatic carbocycles. The first-order valence-corrected chi connectivity index (χ1v) is 9.72. The summed E-state index contributed by atoms with van der Waals surface area (Å²) in [6.07, 6.45) is 0.263. The van der Waals surface area contributed by atoms with E-state index in [0.717, 1.165) is 33.9 Å². The zero-order valence-electron chi connectivity index (χ0n) is 15.7. The van der Waals surface area contributed by atoms with E-state index in [0.29, 0.717) is 11.4 Å². The van der Waals surface area contributed by atoms with Gasteiger partial charge in [0.15, 0.2) is 0 Å². The minimum absolute atomic E-state index is 0.0197. The molecule has 6 heteroatoms. The first-order valence-electron chi connectivity index (χ1n) is 9.34. The topological polar surface area (TPSA) is 34.1 Å². The van der Waals surface area contributed by atoms with Gasteiger partial charge in [0.1, 0.15) is 17.3 Å². The van der Waals surface area contributed by atoms with Crippen LogP contribution in [0.15, 0.2) is 71.8 Å². The van der Waals surface area contributed by atoms with Crippen molar-refractivity contribution in [2.75, 3.05) is 7.11 Å². The quantitative estimate of drug-likeness (QED) is 0.555. The molecule has 2 aliphatic heterocycles. The van der Waals surface area contributed by atoms with Crippen molar-refractivity contribution in [3.8, 4) is 11.5 Å². The van der Waals surface area contributed by atoms with Crippen LogP contribution < -0.4 is 9.47 Å². The molecule has 0 radical (unpaired) electrons. The molecule has 0 amide bonds. The number of benzene rings is 3. The monoisotopic (exact) mass is 408 g/mol. The van der Waals surface area contributed by atoms with Crippen molar-refractivity contribution in [3.05, 3.63) is 94.3 Å². The molecule has 29 heavy (non-hydrogen) atoms. The van der Waals surface area contributed by atoms with E-state index in [-0.39, 0.29) is 11.9 Å². The second kappa shape index (κ2) is 7.08. The lowest BCUT2D eigenvalue weighted by Crippen LogP contribution is -2.33. The molecule has 0 unspecified atom stereocenters. The fraction of sp³-hybridized carbons (Fsp3) is 0.174. The van der Waals surface area contributed by atoms with E-state index in [2.05, 4.69) is 0 Å². The second-order valence-electron chi connectivity index (χ2n) is 7.08. The van der Waals surface area contributed by atoms with Crippen LogP contribution in [0.2, 0.25) is 5.02 Å². The van der Waals surface area contributed by atoms with E-state index in [1.54, 1.807) is 19.2 Å². The van der Waals surface area contributed by atoms with Crippen molar-refractivity contribution in [2.45, 2.75) is 18.7 Å².